The summed E-state index contributed by atoms with van der Waals surface area (Å²) in [4.78, 5) is 12.6. The number of hydrogen-bond acceptors (Lipinski definition) is 4. The molecule has 1 aliphatic carbocycles. The van der Waals surface area contributed by atoms with E-state index in [9.17, 15) is 23.8 Å². The van der Waals surface area contributed by atoms with Gasteiger partial charge in [0.05, 0.1) is 25.0 Å². The lowest BCUT2D eigenvalue weighted by molar-refractivity contribution is -0.110. The highest BCUT2D eigenvalue weighted by Gasteiger charge is 2.43. The largest absolute Gasteiger partial charge is 0.506 e. The number of fused-ring (bicyclic) bond motifs is 1. The summed E-state index contributed by atoms with van der Waals surface area (Å²) in [7, 11) is 1.33. The highest BCUT2D eigenvalue weighted by Crippen LogP contribution is 2.48. The zero-order chi connectivity index (χ0) is 23.3. The molecule has 1 amide bonds. The molecule has 1 heterocycles. The summed E-state index contributed by atoms with van der Waals surface area (Å²) in [6.07, 6.45) is 1.84. The van der Waals surface area contributed by atoms with Crippen LogP contribution in [0.3, 0.4) is 0 Å². The molecule has 2 aliphatic rings. The van der Waals surface area contributed by atoms with Crippen LogP contribution < -0.4 is 10.1 Å². The van der Waals surface area contributed by atoms with Crippen molar-refractivity contribution < 1.29 is 28.5 Å². The lowest BCUT2D eigenvalue weighted by Gasteiger charge is -2.13. The zero-order valence-corrected chi connectivity index (χ0v) is 17.8. The van der Waals surface area contributed by atoms with Crippen molar-refractivity contribution in [1.82, 2.24) is 0 Å². The quantitative estimate of drug-likeness (QED) is 0.377. The fourth-order valence-corrected chi connectivity index (χ4v) is 4.30. The standard InChI is InChI=1S/C26H21F2NO4/c1-33-22-7-4-15(10-20(22)28)24(31)23-18-11-17(19(27)12-21(18)29-25(23)32)14-2-5-16(6-3-14)26(13-30)8-9-26/h2-7,10-12,30-31H,8-9,13H2,1H3,(H,29,32). The summed E-state index contributed by atoms with van der Waals surface area (Å²) < 4.78 is 34.0. The Kier molecular flexibility index (Phi) is 4.94. The maximum atomic E-state index is 14.9. The first kappa shape index (κ1) is 21.2. The number of nitrogens with one attached hydrogen (secondary N) is 1. The Morgan fingerprint density at radius 1 is 1.03 bits per heavy atom. The first-order valence-electron chi connectivity index (χ1n) is 10.5. The smallest absolute Gasteiger partial charge is 0.260 e. The molecule has 3 aromatic carbocycles. The SMILES string of the molecule is COc1ccc(C(O)=C2C(=O)Nc3cc(F)c(-c4ccc(C5(CO)CC5)cc4)cc32)cc1F. The summed E-state index contributed by atoms with van der Waals surface area (Å²) in [5, 5.41) is 23.0. The summed E-state index contributed by atoms with van der Waals surface area (Å²) >= 11 is 0. The second-order valence-electron chi connectivity index (χ2n) is 8.42. The van der Waals surface area contributed by atoms with Crippen LogP contribution in [-0.4, -0.2) is 29.8 Å². The molecule has 0 atom stereocenters. The minimum Gasteiger partial charge on any atom is -0.506 e. The topological polar surface area (TPSA) is 78.8 Å². The van der Waals surface area contributed by atoms with E-state index >= 15 is 0 Å². The van der Waals surface area contributed by atoms with Crippen LogP contribution in [0.15, 0.2) is 54.6 Å². The van der Waals surface area contributed by atoms with Crippen LogP contribution in [-0.2, 0) is 10.2 Å². The highest BCUT2D eigenvalue weighted by atomic mass is 19.1. The van der Waals surface area contributed by atoms with E-state index < -0.39 is 23.3 Å². The molecule has 168 valence electrons. The van der Waals surface area contributed by atoms with Gasteiger partial charge in [0.2, 0.25) is 0 Å². The summed E-state index contributed by atoms with van der Waals surface area (Å²) in [6.45, 7) is 0.0761. The molecule has 33 heavy (non-hydrogen) atoms. The minimum atomic E-state index is -0.683. The number of rotatable bonds is 5. The second kappa shape index (κ2) is 7.71. The number of carbonyl (C=O) groups is 1. The van der Waals surface area contributed by atoms with Gasteiger partial charge in [0.15, 0.2) is 11.6 Å². The van der Waals surface area contributed by atoms with Crippen molar-refractivity contribution in [1.29, 1.82) is 0 Å². The van der Waals surface area contributed by atoms with Crippen molar-refractivity contribution >= 4 is 22.9 Å². The van der Waals surface area contributed by atoms with Crippen LogP contribution in [0, 0.1) is 11.6 Å². The van der Waals surface area contributed by atoms with E-state index in [-0.39, 0.29) is 40.2 Å². The van der Waals surface area contributed by atoms with Crippen LogP contribution >= 0.6 is 0 Å². The van der Waals surface area contributed by atoms with Crippen LogP contribution in [0.25, 0.3) is 22.5 Å². The highest BCUT2D eigenvalue weighted by molar-refractivity contribution is 6.36. The van der Waals surface area contributed by atoms with Gasteiger partial charge in [0.25, 0.3) is 5.91 Å². The number of benzene rings is 3. The maximum absolute atomic E-state index is 14.9. The molecule has 1 aliphatic heterocycles. The van der Waals surface area contributed by atoms with Gasteiger partial charge in [-0.15, -0.1) is 0 Å². The first-order valence-corrected chi connectivity index (χ1v) is 10.5. The average molecular weight is 449 g/mol. The van der Waals surface area contributed by atoms with Gasteiger partial charge >= 0.3 is 0 Å². The van der Waals surface area contributed by atoms with Crippen LogP contribution in [0.4, 0.5) is 14.5 Å². The number of hydrogen-bond donors (Lipinski definition) is 3. The van der Waals surface area contributed by atoms with Gasteiger partial charge in [0.1, 0.15) is 11.6 Å². The van der Waals surface area contributed by atoms with Crippen molar-refractivity contribution in [3.8, 4) is 16.9 Å². The molecule has 3 N–H and O–H groups in total. The van der Waals surface area contributed by atoms with E-state index in [2.05, 4.69) is 5.32 Å². The minimum absolute atomic E-state index is 0.00908. The second-order valence-corrected chi connectivity index (χ2v) is 8.42. The van der Waals surface area contributed by atoms with Gasteiger partial charge in [0, 0.05) is 22.1 Å². The Labute approximate surface area is 189 Å². The fraction of sp³-hybridized carbons (Fsp3) is 0.192. The molecule has 3 aromatic rings. The van der Waals surface area contributed by atoms with Gasteiger partial charge in [-0.05, 0) is 54.3 Å². The summed E-state index contributed by atoms with van der Waals surface area (Å²) in [6, 6.07) is 13.9. The summed E-state index contributed by atoms with van der Waals surface area (Å²) in [5.74, 6) is -2.23. The van der Waals surface area contributed by atoms with Crippen molar-refractivity contribution in [3.63, 3.8) is 0 Å². The third-order valence-electron chi connectivity index (χ3n) is 6.48. The Morgan fingerprint density at radius 3 is 2.36 bits per heavy atom. The normalized spacial score (nSPS) is 17.4. The summed E-state index contributed by atoms with van der Waals surface area (Å²) in [5.41, 5.74) is 2.25. The van der Waals surface area contributed by atoms with Crippen molar-refractivity contribution in [2.45, 2.75) is 18.3 Å². The fourth-order valence-electron chi connectivity index (χ4n) is 4.30. The maximum Gasteiger partial charge on any atom is 0.260 e. The van der Waals surface area contributed by atoms with Gasteiger partial charge < -0.3 is 20.3 Å². The van der Waals surface area contributed by atoms with Crippen molar-refractivity contribution in [2.24, 2.45) is 0 Å². The first-order chi connectivity index (χ1) is 15.9. The average Bonchev–Trinajstić information content (AvgIpc) is 3.55. The molecule has 1 saturated carbocycles. The van der Waals surface area contributed by atoms with Gasteiger partial charge in [-0.25, -0.2) is 8.78 Å². The van der Waals surface area contributed by atoms with E-state index in [1.54, 1.807) is 12.1 Å². The molecule has 0 bridgehead atoms. The Morgan fingerprint density at radius 2 is 1.76 bits per heavy atom. The Hall–Kier alpha value is -3.71. The predicted octanol–water partition coefficient (Wildman–Crippen LogP) is 5.04. The molecule has 5 nitrogen and oxygen atoms in total. The lowest BCUT2D eigenvalue weighted by atomic mass is 9.93. The lowest BCUT2D eigenvalue weighted by Crippen LogP contribution is -2.11. The van der Waals surface area contributed by atoms with Crippen molar-refractivity contribution in [3.05, 3.63) is 82.9 Å². The van der Waals surface area contributed by atoms with E-state index in [0.717, 1.165) is 24.5 Å². The zero-order valence-electron chi connectivity index (χ0n) is 17.8. The van der Waals surface area contributed by atoms with Crippen molar-refractivity contribution in [2.75, 3.05) is 19.0 Å². The Bertz CT molecular complexity index is 1310. The molecule has 1 fully saturated rings. The number of aliphatic hydroxyl groups is 2. The number of methoxy groups -OCH3 is 1. The van der Waals surface area contributed by atoms with E-state index in [1.807, 2.05) is 12.1 Å². The van der Waals surface area contributed by atoms with Crippen LogP contribution in [0.5, 0.6) is 5.75 Å². The third-order valence-corrected chi connectivity index (χ3v) is 6.48. The molecular weight excluding hydrogens is 428 g/mol. The predicted molar refractivity (Wildman–Crippen MR) is 121 cm³/mol. The third kappa shape index (κ3) is 3.45. The number of amides is 1. The van der Waals surface area contributed by atoms with Crippen LogP contribution in [0.2, 0.25) is 0 Å². The molecule has 0 aromatic heterocycles. The number of anilines is 1. The van der Waals surface area contributed by atoms with E-state index in [0.29, 0.717) is 11.1 Å². The van der Waals surface area contributed by atoms with E-state index in [4.69, 9.17) is 4.74 Å². The number of ether oxygens (including phenoxy) is 1. The van der Waals surface area contributed by atoms with Crippen LogP contribution in [0.1, 0.15) is 29.5 Å². The molecule has 0 radical (unpaired) electrons. The molecule has 0 spiro atoms. The number of aliphatic hydroxyl groups excluding tert-OH is 2. The van der Waals surface area contributed by atoms with E-state index in [1.165, 1.54) is 31.4 Å². The molecule has 0 saturated heterocycles. The molecule has 7 heteroatoms. The molecule has 0 unspecified atom stereocenters. The van der Waals surface area contributed by atoms with Gasteiger partial charge in [-0.1, -0.05) is 24.3 Å². The van der Waals surface area contributed by atoms with Gasteiger partial charge in [-0.2, -0.15) is 0 Å². The number of halogens is 2. The molecule has 5 rings (SSSR count). The monoisotopic (exact) mass is 449 g/mol. The number of carbonyl (C=O) groups excluding carboxylic acids is 1. The Balaban J connectivity index is 1.58. The van der Waals surface area contributed by atoms with Gasteiger partial charge in [-0.3, -0.25) is 4.79 Å². The molecular formula is C26H21F2NO4.